The van der Waals surface area contributed by atoms with Crippen LogP contribution in [-0.4, -0.2) is 17.4 Å². The van der Waals surface area contributed by atoms with Crippen LogP contribution in [-0.2, 0) is 11.2 Å². The molecule has 0 aliphatic heterocycles. The van der Waals surface area contributed by atoms with Gasteiger partial charge in [0, 0.05) is 17.5 Å². The molecule has 2 N–H and O–H groups in total. The van der Waals surface area contributed by atoms with Crippen molar-refractivity contribution in [3.05, 3.63) is 45.7 Å². The first-order chi connectivity index (χ1) is 9.13. The number of rotatable bonds is 4. The maximum atomic E-state index is 11.9. The molecule has 96 valence electrons. The van der Waals surface area contributed by atoms with Crippen LogP contribution in [0.15, 0.2) is 29.1 Å². The Hall–Kier alpha value is -2.61. The van der Waals surface area contributed by atoms with Crippen LogP contribution in [0.2, 0.25) is 0 Å². The summed E-state index contributed by atoms with van der Waals surface area (Å²) in [6.07, 6.45) is 0.654. The number of H-pyrrole nitrogens is 1. The Morgan fingerprint density at radius 1 is 1.47 bits per heavy atom. The number of fused-ring (bicyclic) bond motifs is 1. The number of nitriles is 1. The van der Waals surface area contributed by atoms with E-state index in [4.69, 9.17) is 5.26 Å². The second-order valence-corrected chi connectivity index (χ2v) is 4.38. The number of aromatic amines is 1. The highest BCUT2D eigenvalue weighted by atomic mass is 16.1. The molecule has 0 spiro atoms. The van der Waals surface area contributed by atoms with Crippen LogP contribution in [0, 0.1) is 18.3 Å². The summed E-state index contributed by atoms with van der Waals surface area (Å²) in [6.45, 7) is 1.97. The molecule has 0 saturated heterocycles. The highest BCUT2D eigenvalue weighted by Gasteiger charge is 2.10. The molecular formula is C14H13N3O2. The summed E-state index contributed by atoms with van der Waals surface area (Å²) in [6, 6.07) is 8.74. The SMILES string of the molecule is Cc1ccc2[nH]c(=O)c(C[C@@H](C#N)NC=O)cc2c1. The highest BCUT2D eigenvalue weighted by Crippen LogP contribution is 2.13. The Morgan fingerprint density at radius 3 is 2.95 bits per heavy atom. The van der Waals surface area contributed by atoms with E-state index in [0.29, 0.717) is 12.0 Å². The van der Waals surface area contributed by atoms with E-state index in [2.05, 4.69) is 10.3 Å². The lowest BCUT2D eigenvalue weighted by Crippen LogP contribution is -2.30. The third-order valence-corrected chi connectivity index (χ3v) is 2.93. The summed E-state index contributed by atoms with van der Waals surface area (Å²) >= 11 is 0. The Balaban J connectivity index is 2.43. The number of aromatic nitrogens is 1. The molecule has 2 aromatic rings. The van der Waals surface area contributed by atoms with Crippen LogP contribution in [0.25, 0.3) is 10.9 Å². The zero-order valence-corrected chi connectivity index (χ0v) is 10.4. The van der Waals surface area contributed by atoms with Crippen LogP contribution in [0.4, 0.5) is 0 Å². The fourth-order valence-electron chi connectivity index (χ4n) is 1.97. The lowest BCUT2D eigenvalue weighted by Gasteiger charge is -2.08. The van der Waals surface area contributed by atoms with Gasteiger partial charge in [0.2, 0.25) is 6.41 Å². The van der Waals surface area contributed by atoms with E-state index >= 15 is 0 Å². The summed E-state index contributed by atoms with van der Waals surface area (Å²) in [5, 5.41) is 12.2. The van der Waals surface area contributed by atoms with Gasteiger partial charge in [-0.05, 0) is 30.5 Å². The first-order valence-electron chi connectivity index (χ1n) is 5.86. The molecule has 0 radical (unpaired) electrons. The first kappa shape index (κ1) is 12.8. The van der Waals surface area contributed by atoms with Gasteiger partial charge in [0.1, 0.15) is 6.04 Å². The van der Waals surface area contributed by atoms with Crippen molar-refractivity contribution in [2.75, 3.05) is 0 Å². The van der Waals surface area contributed by atoms with Gasteiger partial charge in [-0.15, -0.1) is 0 Å². The minimum Gasteiger partial charge on any atom is -0.343 e. The number of carbonyl (C=O) groups excluding carboxylic acids is 1. The quantitative estimate of drug-likeness (QED) is 0.800. The predicted octanol–water partition coefficient (Wildman–Crippen LogP) is 1.02. The maximum Gasteiger partial charge on any atom is 0.251 e. The number of hydrogen-bond donors (Lipinski definition) is 2. The van der Waals surface area contributed by atoms with Gasteiger partial charge in [0.25, 0.3) is 5.56 Å². The van der Waals surface area contributed by atoms with Gasteiger partial charge >= 0.3 is 0 Å². The standard InChI is InChI=1S/C14H13N3O2/c1-9-2-3-13-10(4-9)5-11(14(19)17-13)6-12(7-15)16-8-18/h2-5,8,12H,6H2,1H3,(H,16,18)(H,17,19)/t12-/m0/s1. The van der Waals surface area contributed by atoms with Gasteiger partial charge in [0.15, 0.2) is 0 Å². The Morgan fingerprint density at radius 2 is 2.26 bits per heavy atom. The summed E-state index contributed by atoms with van der Waals surface area (Å²) in [7, 11) is 0. The van der Waals surface area contributed by atoms with Crippen molar-refractivity contribution in [2.45, 2.75) is 19.4 Å². The number of aryl methyl sites for hydroxylation is 1. The third kappa shape index (κ3) is 2.80. The lowest BCUT2D eigenvalue weighted by atomic mass is 10.0. The van der Waals surface area contributed by atoms with Gasteiger partial charge in [-0.3, -0.25) is 9.59 Å². The molecule has 0 saturated carbocycles. The van der Waals surface area contributed by atoms with Crippen LogP contribution in [0.3, 0.4) is 0 Å². The molecule has 0 unspecified atom stereocenters. The molecule has 0 aliphatic rings. The number of pyridine rings is 1. The van der Waals surface area contributed by atoms with Crippen molar-refractivity contribution < 1.29 is 4.79 Å². The second-order valence-electron chi connectivity index (χ2n) is 4.38. The van der Waals surface area contributed by atoms with Gasteiger partial charge in [-0.2, -0.15) is 5.26 Å². The molecule has 0 aliphatic carbocycles. The molecule has 5 nitrogen and oxygen atoms in total. The molecule has 1 aromatic heterocycles. The summed E-state index contributed by atoms with van der Waals surface area (Å²) in [5.41, 5.74) is 2.10. The molecule has 2 rings (SSSR count). The molecule has 1 aromatic carbocycles. The zero-order chi connectivity index (χ0) is 13.8. The summed E-state index contributed by atoms with van der Waals surface area (Å²) < 4.78 is 0. The van der Waals surface area contributed by atoms with Crippen molar-refractivity contribution in [1.29, 1.82) is 5.26 Å². The minimum absolute atomic E-state index is 0.189. The Bertz CT molecular complexity index is 713. The van der Waals surface area contributed by atoms with Crippen molar-refractivity contribution in [3.63, 3.8) is 0 Å². The second kappa shape index (κ2) is 5.36. The Kier molecular flexibility index (Phi) is 3.62. The van der Waals surface area contributed by atoms with Crippen molar-refractivity contribution >= 4 is 17.3 Å². The zero-order valence-electron chi connectivity index (χ0n) is 10.4. The molecular weight excluding hydrogens is 242 g/mol. The smallest absolute Gasteiger partial charge is 0.251 e. The lowest BCUT2D eigenvalue weighted by molar-refractivity contribution is -0.109. The average molecular weight is 255 g/mol. The van der Waals surface area contributed by atoms with E-state index in [1.54, 1.807) is 6.07 Å². The van der Waals surface area contributed by atoms with Crippen molar-refractivity contribution in [3.8, 4) is 6.07 Å². The van der Waals surface area contributed by atoms with Crippen LogP contribution in [0.5, 0.6) is 0 Å². The predicted molar refractivity (Wildman–Crippen MR) is 71.6 cm³/mol. The van der Waals surface area contributed by atoms with E-state index in [0.717, 1.165) is 16.5 Å². The number of carbonyl (C=O) groups is 1. The number of nitrogens with zero attached hydrogens (tertiary/aromatic N) is 1. The third-order valence-electron chi connectivity index (χ3n) is 2.93. The van der Waals surface area contributed by atoms with Gasteiger partial charge in [-0.25, -0.2) is 0 Å². The average Bonchev–Trinajstić information content (AvgIpc) is 2.39. The fraction of sp³-hybridized carbons (Fsp3) is 0.214. The van der Waals surface area contributed by atoms with Gasteiger partial charge < -0.3 is 10.3 Å². The number of amides is 1. The molecule has 1 amide bonds. The molecule has 0 fully saturated rings. The van der Waals surface area contributed by atoms with Gasteiger partial charge in [-0.1, -0.05) is 11.6 Å². The Labute approximate surface area is 109 Å². The number of nitrogens with one attached hydrogen (secondary N) is 2. The fourth-order valence-corrected chi connectivity index (χ4v) is 1.97. The van der Waals surface area contributed by atoms with E-state index in [1.165, 1.54) is 0 Å². The topological polar surface area (TPSA) is 85.8 Å². The summed E-state index contributed by atoms with van der Waals surface area (Å²) in [4.78, 5) is 25.0. The normalized spacial score (nSPS) is 11.8. The number of benzene rings is 1. The van der Waals surface area contributed by atoms with Gasteiger partial charge in [0.05, 0.1) is 6.07 Å². The number of hydrogen-bond acceptors (Lipinski definition) is 3. The molecule has 19 heavy (non-hydrogen) atoms. The highest BCUT2D eigenvalue weighted by molar-refractivity contribution is 5.79. The molecule has 1 heterocycles. The molecule has 0 bridgehead atoms. The first-order valence-corrected chi connectivity index (χ1v) is 5.86. The van der Waals surface area contributed by atoms with E-state index < -0.39 is 6.04 Å². The molecule has 1 atom stereocenters. The van der Waals surface area contributed by atoms with Crippen LogP contribution in [0.1, 0.15) is 11.1 Å². The minimum atomic E-state index is -0.694. The van der Waals surface area contributed by atoms with E-state index in [9.17, 15) is 9.59 Å². The van der Waals surface area contributed by atoms with E-state index in [-0.39, 0.29) is 12.0 Å². The largest absolute Gasteiger partial charge is 0.343 e. The van der Waals surface area contributed by atoms with Crippen molar-refractivity contribution in [2.24, 2.45) is 0 Å². The van der Waals surface area contributed by atoms with Crippen molar-refractivity contribution in [1.82, 2.24) is 10.3 Å². The molecule has 5 heteroatoms. The maximum absolute atomic E-state index is 11.9. The van der Waals surface area contributed by atoms with Crippen LogP contribution >= 0.6 is 0 Å². The van der Waals surface area contributed by atoms with E-state index in [1.807, 2.05) is 31.2 Å². The van der Waals surface area contributed by atoms with Crippen LogP contribution < -0.4 is 10.9 Å². The summed E-state index contributed by atoms with van der Waals surface area (Å²) in [5.74, 6) is 0. The monoisotopic (exact) mass is 255 g/mol.